The number of nitrogens with zero attached hydrogens (tertiary/aromatic N) is 5. The number of anilines is 7. The summed E-state index contributed by atoms with van der Waals surface area (Å²) in [6, 6.07) is 52.0. The normalized spacial score (nSPS) is 13.4. The number of benzene rings is 5. The standard InChI is InChI=1S/C49H42N5OTe.Pt/c1-48(2,3)35-23-25-50-46(29-35)54-41-18-10-11-20-44(41)56-45-22-21-40(31-43(45)54)55-39-17-12-16-37(30-39)53-32-52(42-19-13-24-51-47(42)53)38-27-34(33-14-8-7-9-15-33)26-36(28-38)49(4,5)6;/h7-29,32H,1-6H3;/q-3;. The Morgan fingerprint density at radius 2 is 1.35 bits per heavy atom. The Kier molecular flexibility index (Phi) is 10.5. The van der Waals surface area contributed by atoms with Gasteiger partial charge in [0.05, 0.1) is 0 Å². The zero-order valence-corrected chi connectivity index (χ0v) is 37.3. The number of rotatable bonds is 6. The summed E-state index contributed by atoms with van der Waals surface area (Å²) < 4.78 is 9.27. The monoisotopic (exact) mass is 1040 g/mol. The van der Waals surface area contributed by atoms with E-state index in [9.17, 15) is 0 Å². The second kappa shape index (κ2) is 15.4. The topological polar surface area (TPSA) is 44.7 Å². The van der Waals surface area contributed by atoms with Gasteiger partial charge in [0, 0.05) is 21.1 Å². The number of pyridine rings is 2. The van der Waals surface area contributed by atoms with Gasteiger partial charge in [-0.2, -0.15) is 0 Å². The number of para-hydroxylation sites is 1. The molecule has 5 aromatic carbocycles. The third-order valence-electron chi connectivity index (χ3n) is 10.1. The van der Waals surface area contributed by atoms with Gasteiger partial charge in [-0.05, 0) is 40.3 Å². The van der Waals surface area contributed by atoms with Crippen LogP contribution in [-0.2, 0) is 31.9 Å². The third-order valence-corrected chi connectivity index (χ3v) is 13.3. The molecule has 0 atom stereocenters. The van der Waals surface area contributed by atoms with Gasteiger partial charge in [0.15, 0.2) is 0 Å². The molecule has 9 rings (SSSR count). The van der Waals surface area contributed by atoms with Gasteiger partial charge in [-0.25, -0.2) is 0 Å². The van der Waals surface area contributed by atoms with Gasteiger partial charge in [0.2, 0.25) is 0 Å². The van der Waals surface area contributed by atoms with Crippen LogP contribution in [0, 0.1) is 18.8 Å². The van der Waals surface area contributed by atoms with Crippen LogP contribution < -0.4 is 26.7 Å². The average Bonchev–Trinajstić information content (AvgIpc) is 3.60. The molecule has 2 aliphatic heterocycles. The molecule has 0 saturated heterocycles. The molecule has 2 aliphatic rings. The van der Waals surface area contributed by atoms with Crippen LogP contribution in [0.5, 0.6) is 11.5 Å². The SMILES string of the molecule is CC(C)(C)c1cc(-c2ccccc2)cc(N2[CH-]N(c3[c-]c(Oc4[c-]c5c(cc4)[Te]c4ccccc4N5c4cc(C(C)(C)C)ccn4)ccc3)c3ncccc32)c1.[Pt]. The second-order valence-corrected chi connectivity index (χ2v) is 19.3. The van der Waals surface area contributed by atoms with Gasteiger partial charge in [0.1, 0.15) is 0 Å². The summed E-state index contributed by atoms with van der Waals surface area (Å²) in [7, 11) is 0. The minimum Gasteiger partial charge on any atom is -0.0371 e. The summed E-state index contributed by atoms with van der Waals surface area (Å²) in [5, 5.41) is 0. The Balaban J connectivity index is 0.00000455. The molecule has 57 heavy (non-hydrogen) atoms. The van der Waals surface area contributed by atoms with Gasteiger partial charge in [-0.3, -0.25) is 0 Å². The summed E-state index contributed by atoms with van der Waals surface area (Å²) in [4.78, 5) is 16.3. The van der Waals surface area contributed by atoms with Crippen molar-refractivity contribution in [3.63, 3.8) is 0 Å². The van der Waals surface area contributed by atoms with Crippen LogP contribution in [0.3, 0.4) is 0 Å². The van der Waals surface area contributed by atoms with E-state index in [4.69, 9.17) is 14.7 Å². The van der Waals surface area contributed by atoms with E-state index in [2.05, 4.69) is 172 Å². The third kappa shape index (κ3) is 7.74. The molecule has 0 spiro atoms. The van der Waals surface area contributed by atoms with Crippen molar-refractivity contribution in [2.45, 2.75) is 52.4 Å². The van der Waals surface area contributed by atoms with Crippen molar-refractivity contribution in [2.75, 3.05) is 14.7 Å². The first-order valence-corrected chi connectivity index (χ1v) is 21.2. The van der Waals surface area contributed by atoms with E-state index in [1.54, 1.807) is 0 Å². The van der Waals surface area contributed by atoms with Crippen molar-refractivity contribution in [3.05, 3.63) is 170 Å². The van der Waals surface area contributed by atoms with E-state index in [0.717, 1.165) is 40.1 Å². The predicted molar refractivity (Wildman–Crippen MR) is 230 cm³/mol. The molecule has 7 aromatic rings. The zero-order chi connectivity index (χ0) is 38.6. The number of hydrogen-bond donors (Lipinski definition) is 0. The molecule has 0 bridgehead atoms. The first kappa shape index (κ1) is 38.9. The predicted octanol–water partition coefficient (Wildman–Crippen LogP) is 11.0. The summed E-state index contributed by atoms with van der Waals surface area (Å²) >= 11 is -0.643. The summed E-state index contributed by atoms with van der Waals surface area (Å²) in [5.41, 5.74) is 9.84. The molecule has 0 unspecified atom stereocenters. The summed E-state index contributed by atoms with van der Waals surface area (Å²) in [5.74, 6) is 2.92. The average molecular weight is 1040 g/mol. The van der Waals surface area contributed by atoms with Gasteiger partial charge in [0.25, 0.3) is 0 Å². The van der Waals surface area contributed by atoms with E-state index in [1.807, 2.05) is 42.7 Å². The van der Waals surface area contributed by atoms with Crippen LogP contribution >= 0.6 is 0 Å². The maximum Gasteiger partial charge on any atom is 0 e. The first-order chi connectivity index (χ1) is 27.0. The first-order valence-electron chi connectivity index (χ1n) is 18.9. The zero-order valence-electron chi connectivity index (χ0n) is 32.7. The Labute approximate surface area is 360 Å². The number of aromatic nitrogens is 2. The van der Waals surface area contributed by atoms with Crippen molar-refractivity contribution in [1.82, 2.24) is 9.97 Å². The van der Waals surface area contributed by atoms with Crippen LogP contribution in [0.1, 0.15) is 52.7 Å². The van der Waals surface area contributed by atoms with E-state index in [1.165, 1.54) is 29.5 Å². The molecule has 2 aromatic heterocycles. The summed E-state index contributed by atoms with van der Waals surface area (Å²) in [6.07, 6.45) is 3.75. The molecule has 0 fully saturated rings. The van der Waals surface area contributed by atoms with Crippen molar-refractivity contribution < 1.29 is 25.8 Å². The fourth-order valence-electron chi connectivity index (χ4n) is 7.08. The van der Waals surface area contributed by atoms with Crippen LogP contribution in [0.4, 0.5) is 40.1 Å². The van der Waals surface area contributed by atoms with Crippen LogP contribution in [0.2, 0.25) is 0 Å². The van der Waals surface area contributed by atoms with Crippen molar-refractivity contribution in [2.24, 2.45) is 0 Å². The van der Waals surface area contributed by atoms with Gasteiger partial charge in [-0.1, -0.05) is 57.2 Å². The number of ether oxygens (including phenoxy) is 1. The smallest absolute Gasteiger partial charge is 0 e. The summed E-state index contributed by atoms with van der Waals surface area (Å²) in [6.45, 7) is 15.6. The van der Waals surface area contributed by atoms with E-state index < -0.39 is 20.9 Å². The Morgan fingerprint density at radius 1 is 0.596 bits per heavy atom. The van der Waals surface area contributed by atoms with Crippen molar-refractivity contribution in [1.29, 1.82) is 0 Å². The Bertz CT molecular complexity index is 2580. The van der Waals surface area contributed by atoms with E-state index in [-0.39, 0.29) is 31.9 Å². The molecule has 8 heteroatoms. The van der Waals surface area contributed by atoms with Crippen molar-refractivity contribution in [3.8, 4) is 22.6 Å². The molecule has 288 valence electrons. The van der Waals surface area contributed by atoms with Gasteiger partial charge >= 0.3 is 245 Å². The van der Waals surface area contributed by atoms with Gasteiger partial charge < -0.3 is 0 Å². The molecular weight excluding hydrogens is 997 g/mol. The maximum absolute atomic E-state index is 6.59. The van der Waals surface area contributed by atoms with E-state index >= 15 is 0 Å². The second-order valence-electron chi connectivity index (χ2n) is 16.2. The Hall–Kier alpha value is -4.92. The molecular formula is C49H42N5OPtTe-3. The largest absolute Gasteiger partial charge is 0.0371 e. The van der Waals surface area contributed by atoms with Gasteiger partial charge in [-0.15, -0.1) is 0 Å². The minimum atomic E-state index is -0.643. The molecule has 4 heterocycles. The fraction of sp³-hybridized carbons (Fsp3) is 0.163. The van der Waals surface area contributed by atoms with Crippen LogP contribution in [-0.4, -0.2) is 30.9 Å². The molecule has 0 aliphatic carbocycles. The molecule has 0 saturated carbocycles. The molecule has 0 amide bonds. The maximum atomic E-state index is 6.59. The molecule has 0 N–H and O–H groups in total. The van der Waals surface area contributed by atoms with Crippen molar-refractivity contribution >= 4 is 68.2 Å². The van der Waals surface area contributed by atoms with Crippen LogP contribution in [0.25, 0.3) is 11.1 Å². The van der Waals surface area contributed by atoms with Crippen LogP contribution in [0.15, 0.2) is 140 Å². The number of hydrogen-bond acceptors (Lipinski definition) is 6. The molecule has 0 radical (unpaired) electrons. The molecule has 6 nitrogen and oxygen atoms in total. The minimum absolute atomic E-state index is 0. The quantitative estimate of drug-likeness (QED) is 0.122. The fourth-order valence-corrected chi connectivity index (χ4v) is 10.0. The van der Waals surface area contributed by atoms with E-state index in [0.29, 0.717) is 11.5 Å². The number of fused-ring (bicyclic) bond motifs is 3. The Morgan fingerprint density at radius 3 is 2.16 bits per heavy atom.